The molecular formula is C22H19BrN4O4S. The van der Waals surface area contributed by atoms with Crippen molar-refractivity contribution in [3.8, 4) is 22.8 Å². The van der Waals surface area contributed by atoms with Crippen LogP contribution < -0.4 is 20.3 Å². The molecule has 0 radical (unpaired) electrons. The number of fused-ring (bicyclic) bond motifs is 1. The van der Waals surface area contributed by atoms with Crippen LogP contribution in [0.5, 0.6) is 11.5 Å². The van der Waals surface area contributed by atoms with Gasteiger partial charge in [0.2, 0.25) is 5.91 Å². The lowest BCUT2D eigenvalue weighted by molar-refractivity contribution is -0.117. The number of thiazole rings is 1. The number of ether oxygens (including phenoxy) is 2. The average molecular weight is 515 g/mol. The van der Waals surface area contributed by atoms with Gasteiger partial charge in [-0.1, -0.05) is 15.9 Å². The molecule has 4 aromatic rings. The van der Waals surface area contributed by atoms with Gasteiger partial charge in [-0.3, -0.25) is 9.59 Å². The van der Waals surface area contributed by atoms with E-state index in [0.717, 1.165) is 19.7 Å². The highest BCUT2D eigenvalue weighted by molar-refractivity contribution is 9.10. The highest BCUT2D eigenvalue weighted by Gasteiger charge is 2.19. The van der Waals surface area contributed by atoms with Crippen LogP contribution in [0, 0.1) is 6.92 Å². The Balaban J connectivity index is 1.76. The van der Waals surface area contributed by atoms with Crippen molar-refractivity contribution >= 4 is 49.1 Å². The standard InChI is InChI=1S/C22H19BrN4O4S/c1-12-24-20-21(32-12)19(13-4-9-16(30-2)17(10-13)31-3)26-27(22(20)29)11-18(28)25-15-7-5-14(23)6-8-15/h4-10H,11H2,1-3H3,(H,25,28). The van der Waals surface area contributed by atoms with E-state index in [1.54, 1.807) is 38.5 Å². The second-order valence-corrected chi connectivity index (χ2v) is 8.97. The number of hydrogen-bond donors (Lipinski definition) is 1. The fourth-order valence-corrected chi connectivity index (χ4v) is 4.40. The molecule has 1 N–H and O–H groups in total. The lowest BCUT2D eigenvalue weighted by atomic mass is 10.1. The van der Waals surface area contributed by atoms with Gasteiger partial charge in [-0.15, -0.1) is 11.3 Å². The van der Waals surface area contributed by atoms with Crippen LogP contribution in [0.3, 0.4) is 0 Å². The average Bonchev–Trinajstić information content (AvgIpc) is 3.18. The number of aromatic nitrogens is 3. The molecule has 10 heteroatoms. The Morgan fingerprint density at radius 3 is 2.53 bits per heavy atom. The van der Waals surface area contributed by atoms with Gasteiger partial charge >= 0.3 is 0 Å². The molecule has 0 aliphatic carbocycles. The van der Waals surface area contributed by atoms with Crippen LogP contribution in [0.15, 0.2) is 51.7 Å². The number of hydrogen-bond acceptors (Lipinski definition) is 7. The quantitative estimate of drug-likeness (QED) is 0.413. The van der Waals surface area contributed by atoms with Gasteiger partial charge < -0.3 is 14.8 Å². The van der Waals surface area contributed by atoms with Crippen LogP contribution in [0.1, 0.15) is 5.01 Å². The van der Waals surface area contributed by atoms with E-state index in [1.807, 2.05) is 25.1 Å². The minimum absolute atomic E-state index is 0.248. The zero-order valence-corrected chi connectivity index (χ0v) is 19.9. The topological polar surface area (TPSA) is 95.3 Å². The van der Waals surface area contributed by atoms with E-state index in [4.69, 9.17) is 9.47 Å². The minimum atomic E-state index is -0.417. The summed E-state index contributed by atoms with van der Waals surface area (Å²) in [5.74, 6) is 0.744. The predicted octanol–water partition coefficient (Wildman–Crippen LogP) is 4.25. The molecule has 0 aliphatic rings. The summed E-state index contributed by atoms with van der Waals surface area (Å²) in [4.78, 5) is 30.0. The fourth-order valence-electron chi connectivity index (χ4n) is 3.22. The van der Waals surface area contributed by atoms with Crippen LogP contribution >= 0.6 is 27.3 Å². The lowest BCUT2D eigenvalue weighted by Crippen LogP contribution is -2.30. The predicted molar refractivity (Wildman–Crippen MR) is 128 cm³/mol. The molecule has 2 aromatic heterocycles. The second-order valence-electron chi connectivity index (χ2n) is 6.85. The fraction of sp³-hybridized carbons (Fsp3) is 0.182. The van der Waals surface area contributed by atoms with Crippen molar-refractivity contribution in [2.75, 3.05) is 19.5 Å². The zero-order valence-electron chi connectivity index (χ0n) is 17.5. The van der Waals surface area contributed by atoms with Gasteiger partial charge in [-0.25, -0.2) is 9.67 Å². The Labute approximate surface area is 195 Å². The number of halogens is 1. The molecule has 2 aromatic carbocycles. The van der Waals surface area contributed by atoms with Gasteiger partial charge in [0, 0.05) is 15.7 Å². The zero-order chi connectivity index (χ0) is 22.8. The first-order valence-electron chi connectivity index (χ1n) is 9.55. The van der Waals surface area contributed by atoms with Gasteiger partial charge in [0.05, 0.1) is 23.9 Å². The number of nitrogens with zero attached hydrogens (tertiary/aromatic N) is 3. The van der Waals surface area contributed by atoms with Crippen LogP contribution in [0.2, 0.25) is 0 Å². The van der Waals surface area contributed by atoms with Gasteiger partial charge in [0.25, 0.3) is 5.56 Å². The Bertz CT molecular complexity index is 1370. The number of methoxy groups -OCH3 is 2. The molecule has 0 atom stereocenters. The number of carbonyl (C=O) groups excluding carboxylic acids is 1. The first-order valence-corrected chi connectivity index (χ1v) is 11.2. The van der Waals surface area contributed by atoms with Crippen molar-refractivity contribution in [1.29, 1.82) is 0 Å². The van der Waals surface area contributed by atoms with E-state index in [2.05, 4.69) is 31.3 Å². The van der Waals surface area contributed by atoms with Crippen LogP contribution in [0.25, 0.3) is 21.5 Å². The molecule has 0 saturated carbocycles. The molecule has 2 heterocycles. The maximum absolute atomic E-state index is 13.0. The Kier molecular flexibility index (Phi) is 6.24. The summed E-state index contributed by atoms with van der Waals surface area (Å²) in [6.07, 6.45) is 0. The molecule has 1 amide bonds. The summed E-state index contributed by atoms with van der Waals surface area (Å²) in [7, 11) is 3.11. The van der Waals surface area contributed by atoms with Gasteiger partial charge in [-0.2, -0.15) is 5.10 Å². The summed E-state index contributed by atoms with van der Waals surface area (Å²) in [6.45, 7) is 1.58. The number of aryl methyl sites for hydroxylation is 1. The van der Waals surface area contributed by atoms with E-state index in [0.29, 0.717) is 27.6 Å². The van der Waals surface area contributed by atoms with Crippen LogP contribution in [0.4, 0.5) is 5.69 Å². The third kappa shape index (κ3) is 4.37. The number of benzene rings is 2. The Hall–Kier alpha value is -3.24. The highest BCUT2D eigenvalue weighted by atomic mass is 79.9. The van der Waals surface area contributed by atoms with Crippen molar-refractivity contribution in [2.45, 2.75) is 13.5 Å². The van der Waals surface area contributed by atoms with E-state index in [9.17, 15) is 9.59 Å². The Morgan fingerprint density at radius 2 is 1.84 bits per heavy atom. The number of carbonyl (C=O) groups is 1. The smallest absolute Gasteiger partial charge is 0.294 e. The maximum Gasteiger partial charge on any atom is 0.294 e. The molecular weight excluding hydrogens is 496 g/mol. The van der Waals surface area contributed by atoms with Crippen LogP contribution in [-0.4, -0.2) is 34.9 Å². The highest BCUT2D eigenvalue weighted by Crippen LogP contribution is 2.35. The minimum Gasteiger partial charge on any atom is -0.493 e. The van der Waals surface area contributed by atoms with Crippen molar-refractivity contribution in [2.24, 2.45) is 0 Å². The largest absolute Gasteiger partial charge is 0.493 e. The van der Waals surface area contributed by atoms with Crippen molar-refractivity contribution in [1.82, 2.24) is 14.8 Å². The summed E-state index contributed by atoms with van der Waals surface area (Å²) < 4.78 is 13.4. The van der Waals surface area contributed by atoms with E-state index in [1.165, 1.54) is 11.3 Å². The van der Waals surface area contributed by atoms with E-state index < -0.39 is 5.56 Å². The van der Waals surface area contributed by atoms with Gasteiger partial charge in [0.15, 0.2) is 17.0 Å². The SMILES string of the molecule is COc1ccc(-c2nn(CC(=O)Nc3ccc(Br)cc3)c(=O)c3nc(C)sc23)cc1OC. The van der Waals surface area contributed by atoms with Gasteiger partial charge in [0.1, 0.15) is 12.2 Å². The molecule has 0 spiro atoms. The van der Waals surface area contributed by atoms with Crippen molar-refractivity contribution in [3.05, 3.63) is 62.3 Å². The molecule has 8 nitrogen and oxygen atoms in total. The summed E-state index contributed by atoms with van der Waals surface area (Å²) in [5, 5.41) is 8.03. The molecule has 0 fully saturated rings. The molecule has 32 heavy (non-hydrogen) atoms. The molecule has 0 bridgehead atoms. The lowest BCUT2D eigenvalue weighted by Gasteiger charge is -2.12. The molecule has 4 rings (SSSR count). The Morgan fingerprint density at radius 1 is 1.12 bits per heavy atom. The summed E-state index contributed by atoms with van der Waals surface area (Å²) >= 11 is 4.74. The second kappa shape index (κ2) is 9.09. The third-order valence-corrected chi connectivity index (χ3v) is 6.19. The maximum atomic E-state index is 13.0. The number of anilines is 1. The van der Waals surface area contributed by atoms with Gasteiger partial charge in [-0.05, 0) is 49.4 Å². The van der Waals surface area contributed by atoms with E-state index >= 15 is 0 Å². The number of amides is 1. The monoisotopic (exact) mass is 514 g/mol. The molecule has 0 unspecified atom stereocenters. The first-order chi connectivity index (χ1) is 15.4. The van der Waals surface area contributed by atoms with Crippen LogP contribution in [-0.2, 0) is 11.3 Å². The number of nitrogens with one attached hydrogen (secondary N) is 1. The molecule has 164 valence electrons. The van der Waals surface area contributed by atoms with Crippen molar-refractivity contribution in [3.63, 3.8) is 0 Å². The molecule has 0 saturated heterocycles. The number of rotatable bonds is 6. The normalized spacial score (nSPS) is 10.9. The van der Waals surface area contributed by atoms with E-state index in [-0.39, 0.29) is 18.0 Å². The third-order valence-electron chi connectivity index (χ3n) is 4.69. The summed E-state index contributed by atoms with van der Waals surface area (Å²) in [5.41, 5.74) is 1.75. The first kappa shape index (κ1) is 22.0. The molecule has 0 aliphatic heterocycles. The van der Waals surface area contributed by atoms with Crippen molar-refractivity contribution < 1.29 is 14.3 Å². The summed E-state index contributed by atoms with van der Waals surface area (Å²) in [6, 6.07) is 12.5.